The monoisotopic (exact) mass is 312 g/mol. The Morgan fingerprint density at radius 3 is 2.35 bits per heavy atom. The Bertz CT molecular complexity index is 905. The predicted molar refractivity (Wildman–Crippen MR) is 86.1 cm³/mol. The van der Waals surface area contributed by atoms with Gasteiger partial charge in [-0.25, -0.2) is 8.78 Å². The van der Waals surface area contributed by atoms with Crippen molar-refractivity contribution in [2.45, 2.75) is 13.8 Å². The molecular weight excluding hydrogens is 298 g/mol. The molecule has 0 aliphatic rings. The summed E-state index contributed by atoms with van der Waals surface area (Å²) in [7, 11) is 0. The lowest BCUT2D eigenvalue weighted by Gasteiger charge is -2.15. The van der Waals surface area contributed by atoms with Crippen LogP contribution in [0.4, 0.5) is 20.2 Å². The molecule has 23 heavy (non-hydrogen) atoms. The van der Waals surface area contributed by atoms with Crippen LogP contribution in [0.1, 0.15) is 23.0 Å². The second-order valence-electron chi connectivity index (χ2n) is 5.30. The number of halogens is 2. The molecule has 0 aliphatic heterocycles. The largest absolute Gasteiger partial charge is 0.354 e. The molecule has 1 aromatic heterocycles. The fourth-order valence-electron chi connectivity index (χ4n) is 2.60. The maximum atomic E-state index is 13.7. The smallest absolute Gasteiger partial charge is 0.163 e. The molecule has 1 N–H and O–H groups in total. The summed E-state index contributed by atoms with van der Waals surface area (Å²) in [5.41, 5.74) is 2.61. The van der Waals surface area contributed by atoms with Gasteiger partial charge in [0.15, 0.2) is 5.78 Å². The Morgan fingerprint density at radius 1 is 1.04 bits per heavy atom. The number of carbonyl (C=O) groups excluding carboxylic acids is 1. The van der Waals surface area contributed by atoms with E-state index >= 15 is 0 Å². The SMILES string of the molecule is CC(=O)c1c(C)nc2ccc(F)cc2c1Nc1ccc(F)cc1. The van der Waals surface area contributed by atoms with Gasteiger partial charge in [0.1, 0.15) is 11.6 Å². The number of carbonyl (C=O) groups is 1. The van der Waals surface area contributed by atoms with Crippen molar-refractivity contribution in [2.24, 2.45) is 0 Å². The van der Waals surface area contributed by atoms with Crippen LogP contribution in [0.3, 0.4) is 0 Å². The van der Waals surface area contributed by atoms with Crippen LogP contribution in [0, 0.1) is 18.6 Å². The molecule has 0 bridgehead atoms. The fraction of sp³-hybridized carbons (Fsp3) is 0.111. The van der Waals surface area contributed by atoms with Gasteiger partial charge in [-0.15, -0.1) is 0 Å². The van der Waals surface area contributed by atoms with Crippen LogP contribution in [0.5, 0.6) is 0 Å². The van der Waals surface area contributed by atoms with E-state index in [2.05, 4.69) is 10.3 Å². The van der Waals surface area contributed by atoms with E-state index in [1.54, 1.807) is 25.1 Å². The molecule has 0 radical (unpaired) electrons. The van der Waals surface area contributed by atoms with Gasteiger partial charge in [-0.3, -0.25) is 9.78 Å². The van der Waals surface area contributed by atoms with Crippen molar-refractivity contribution in [3.63, 3.8) is 0 Å². The van der Waals surface area contributed by atoms with Crippen molar-refractivity contribution >= 4 is 28.1 Å². The molecule has 3 nitrogen and oxygen atoms in total. The molecule has 0 spiro atoms. The maximum Gasteiger partial charge on any atom is 0.163 e. The molecule has 0 saturated carbocycles. The van der Waals surface area contributed by atoms with Crippen molar-refractivity contribution < 1.29 is 13.6 Å². The number of fused-ring (bicyclic) bond motifs is 1. The second kappa shape index (κ2) is 5.76. The maximum absolute atomic E-state index is 13.7. The Kier molecular flexibility index (Phi) is 3.78. The molecule has 2 aromatic carbocycles. The summed E-state index contributed by atoms with van der Waals surface area (Å²) in [5.74, 6) is -0.949. The van der Waals surface area contributed by atoms with Crippen LogP contribution in [-0.4, -0.2) is 10.8 Å². The van der Waals surface area contributed by atoms with Crippen molar-refractivity contribution in [3.8, 4) is 0 Å². The van der Waals surface area contributed by atoms with Crippen molar-refractivity contribution in [1.29, 1.82) is 0 Å². The van der Waals surface area contributed by atoms with Crippen molar-refractivity contribution in [3.05, 3.63) is 65.4 Å². The molecule has 0 amide bonds. The number of nitrogens with zero attached hydrogens (tertiary/aromatic N) is 1. The van der Waals surface area contributed by atoms with Gasteiger partial charge in [-0.05, 0) is 56.3 Å². The van der Waals surface area contributed by atoms with Crippen LogP contribution in [-0.2, 0) is 0 Å². The zero-order chi connectivity index (χ0) is 16.6. The highest BCUT2D eigenvalue weighted by molar-refractivity contribution is 6.09. The van der Waals surface area contributed by atoms with Crippen LogP contribution in [0.25, 0.3) is 10.9 Å². The molecule has 0 saturated heterocycles. The van der Waals surface area contributed by atoms with Gasteiger partial charge in [-0.1, -0.05) is 0 Å². The Labute approximate surface area is 132 Å². The van der Waals surface area contributed by atoms with E-state index in [1.165, 1.54) is 31.2 Å². The minimum Gasteiger partial charge on any atom is -0.354 e. The van der Waals surface area contributed by atoms with Gasteiger partial charge in [-0.2, -0.15) is 0 Å². The number of pyridine rings is 1. The first-order valence-corrected chi connectivity index (χ1v) is 7.09. The van der Waals surface area contributed by atoms with Crippen molar-refractivity contribution in [2.75, 3.05) is 5.32 Å². The standard InChI is InChI=1S/C18H14F2N2O/c1-10-17(11(2)23)18(22-14-6-3-12(19)4-7-14)15-9-13(20)5-8-16(15)21-10/h3-9H,1-2H3,(H,21,22). The number of hydrogen-bond donors (Lipinski definition) is 1. The molecule has 3 aromatic rings. The average Bonchev–Trinajstić information content (AvgIpc) is 2.50. The van der Waals surface area contributed by atoms with E-state index in [4.69, 9.17) is 0 Å². The minimum atomic E-state index is -0.417. The summed E-state index contributed by atoms with van der Waals surface area (Å²) in [4.78, 5) is 16.4. The molecule has 1 heterocycles. The summed E-state index contributed by atoms with van der Waals surface area (Å²) in [6.45, 7) is 3.17. The first-order valence-electron chi connectivity index (χ1n) is 7.09. The Morgan fingerprint density at radius 2 is 1.70 bits per heavy atom. The topological polar surface area (TPSA) is 42.0 Å². The summed E-state index contributed by atoms with van der Waals surface area (Å²) < 4.78 is 26.7. The summed E-state index contributed by atoms with van der Waals surface area (Å²) in [5, 5.41) is 3.60. The first kappa shape index (κ1) is 15.1. The lowest BCUT2D eigenvalue weighted by atomic mass is 10.0. The normalized spacial score (nSPS) is 10.8. The third kappa shape index (κ3) is 2.90. The van der Waals surface area contributed by atoms with Gasteiger partial charge in [0.05, 0.1) is 22.5 Å². The molecule has 3 rings (SSSR count). The Hall–Kier alpha value is -2.82. The molecule has 5 heteroatoms. The zero-order valence-electron chi connectivity index (χ0n) is 12.7. The number of ketones is 1. The molecule has 116 valence electrons. The number of nitrogens with one attached hydrogen (secondary N) is 1. The highest BCUT2D eigenvalue weighted by Crippen LogP contribution is 2.32. The summed E-state index contributed by atoms with van der Waals surface area (Å²) in [6.07, 6.45) is 0. The summed E-state index contributed by atoms with van der Waals surface area (Å²) >= 11 is 0. The number of Topliss-reactive ketones (excluding diaryl/α,β-unsaturated/α-hetero) is 1. The van der Waals surface area contributed by atoms with E-state index in [9.17, 15) is 13.6 Å². The number of rotatable bonds is 3. The van der Waals surface area contributed by atoms with Gasteiger partial charge >= 0.3 is 0 Å². The second-order valence-corrected chi connectivity index (χ2v) is 5.30. The minimum absolute atomic E-state index is 0.175. The molecule has 0 aliphatic carbocycles. The van der Waals surface area contributed by atoms with Crippen LogP contribution in [0.15, 0.2) is 42.5 Å². The highest BCUT2D eigenvalue weighted by atomic mass is 19.1. The number of hydrogen-bond acceptors (Lipinski definition) is 3. The first-order chi connectivity index (χ1) is 11.0. The third-order valence-corrected chi connectivity index (χ3v) is 3.59. The van der Waals surface area contributed by atoms with E-state index in [-0.39, 0.29) is 11.6 Å². The molecule has 0 fully saturated rings. The molecular formula is C18H14F2N2O. The van der Waals surface area contributed by atoms with Gasteiger partial charge in [0.2, 0.25) is 0 Å². The lowest BCUT2D eigenvalue weighted by Crippen LogP contribution is -2.06. The van der Waals surface area contributed by atoms with E-state index in [0.717, 1.165) is 0 Å². The van der Waals surface area contributed by atoms with Crippen molar-refractivity contribution in [1.82, 2.24) is 4.98 Å². The predicted octanol–water partition coefficient (Wildman–Crippen LogP) is 4.77. The van der Waals surface area contributed by atoms with Crippen LogP contribution >= 0.6 is 0 Å². The van der Waals surface area contributed by atoms with Crippen LogP contribution in [0.2, 0.25) is 0 Å². The van der Waals surface area contributed by atoms with Crippen LogP contribution < -0.4 is 5.32 Å². The third-order valence-electron chi connectivity index (χ3n) is 3.59. The van der Waals surface area contributed by atoms with E-state index in [1.807, 2.05) is 0 Å². The highest BCUT2D eigenvalue weighted by Gasteiger charge is 2.17. The summed E-state index contributed by atoms with van der Waals surface area (Å²) in [6, 6.07) is 9.96. The molecule has 0 atom stereocenters. The van der Waals surface area contributed by atoms with Gasteiger partial charge in [0, 0.05) is 11.1 Å². The van der Waals surface area contributed by atoms with E-state index in [0.29, 0.717) is 33.5 Å². The van der Waals surface area contributed by atoms with Gasteiger partial charge < -0.3 is 5.32 Å². The quantitative estimate of drug-likeness (QED) is 0.708. The van der Waals surface area contributed by atoms with E-state index < -0.39 is 5.82 Å². The number of anilines is 2. The fourth-order valence-corrected chi connectivity index (χ4v) is 2.60. The van der Waals surface area contributed by atoms with Gasteiger partial charge in [0.25, 0.3) is 0 Å². The number of benzene rings is 2. The number of aromatic nitrogens is 1. The molecule has 0 unspecified atom stereocenters. The zero-order valence-corrected chi connectivity index (χ0v) is 12.7. The lowest BCUT2D eigenvalue weighted by molar-refractivity contribution is 0.101. The average molecular weight is 312 g/mol. The Balaban J connectivity index is 2.26. The number of aryl methyl sites for hydroxylation is 1.